The summed E-state index contributed by atoms with van der Waals surface area (Å²) in [5.74, 6) is 0.779. The van der Waals surface area contributed by atoms with E-state index in [9.17, 15) is 9.59 Å². The van der Waals surface area contributed by atoms with Crippen LogP contribution in [0.5, 0.6) is 0 Å². The number of thiophene rings is 1. The molecule has 28 heavy (non-hydrogen) atoms. The van der Waals surface area contributed by atoms with Gasteiger partial charge in [0, 0.05) is 15.9 Å². The zero-order chi connectivity index (χ0) is 20.5. The zero-order valence-corrected chi connectivity index (χ0v) is 18.5. The van der Waals surface area contributed by atoms with Crippen LogP contribution in [-0.4, -0.2) is 18.5 Å². The van der Waals surface area contributed by atoms with Crippen molar-refractivity contribution in [2.75, 3.05) is 11.9 Å². The van der Waals surface area contributed by atoms with E-state index in [-0.39, 0.29) is 17.3 Å². The van der Waals surface area contributed by atoms with Crippen molar-refractivity contribution in [3.8, 4) is 0 Å². The average molecular weight is 406 g/mol. The summed E-state index contributed by atoms with van der Waals surface area (Å²) in [7, 11) is 0. The van der Waals surface area contributed by atoms with Gasteiger partial charge in [0.05, 0.1) is 17.8 Å². The molecule has 0 aromatic carbocycles. The lowest BCUT2D eigenvalue weighted by Gasteiger charge is -2.32. The Labute approximate surface area is 171 Å². The number of carbonyl (C=O) groups is 2. The third-order valence-electron chi connectivity index (χ3n) is 6.95. The first-order valence-electron chi connectivity index (χ1n) is 10.4. The van der Waals surface area contributed by atoms with Crippen LogP contribution in [0.4, 0.5) is 5.00 Å². The number of esters is 1. The van der Waals surface area contributed by atoms with Crippen molar-refractivity contribution < 1.29 is 19.1 Å². The van der Waals surface area contributed by atoms with E-state index in [1.54, 1.807) is 6.92 Å². The lowest BCUT2D eigenvalue weighted by molar-refractivity contribution is -0.127. The van der Waals surface area contributed by atoms with E-state index in [4.69, 9.17) is 9.47 Å². The van der Waals surface area contributed by atoms with Gasteiger partial charge in [0.2, 0.25) is 5.91 Å². The second-order valence-electron chi connectivity index (χ2n) is 9.81. The fourth-order valence-corrected chi connectivity index (χ4v) is 7.15. The van der Waals surface area contributed by atoms with Crippen LogP contribution in [0.15, 0.2) is 0 Å². The van der Waals surface area contributed by atoms with E-state index in [1.165, 1.54) is 17.8 Å². The Morgan fingerprint density at radius 3 is 2.46 bits per heavy atom. The van der Waals surface area contributed by atoms with Crippen LogP contribution < -0.4 is 5.32 Å². The predicted octanol–water partition coefficient (Wildman–Crippen LogP) is 5.19. The second-order valence-corrected chi connectivity index (χ2v) is 10.8. The van der Waals surface area contributed by atoms with Gasteiger partial charge in [0.25, 0.3) is 0 Å². The molecule has 1 N–H and O–H groups in total. The highest BCUT2D eigenvalue weighted by atomic mass is 32.1. The van der Waals surface area contributed by atoms with Crippen LogP contribution in [0.1, 0.15) is 88.0 Å². The lowest BCUT2D eigenvalue weighted by Crippen LogP contribution is -2.38. The van der Waals surface area contributed by atoms with Crippen molar-refractivity contribution >= 4 is 28.2 Å². The summed E-state index contributed by atoms with van der Waals surface area (Å²) in [5.41, 5.74) is -0.141. The first kappa shape index (κ1) is 19.9. The van der Waals surface area contributed by atoms with E-state index in [0.29, 0.717) is 29.0 Å². The van der Waals surface area contributed by atoms with Gasteiger partial charge in [-0.3, -0.25) is 4.79 Å². The largest absolute Gasteiger partial charge is 0.462 e. The molecule has 3 aliphatic rings. The molecule has 5 nitrogen and oxygen atoms in total. The molecule has 2 fully saturated rings. The van der Waals surface area contributed by atoms with Gasteiger partial charge in [0.15, 0.2) is 0 Å². The Balaban J connectivity index is 1.73. The number of fused-ring (bicyclic) bond motifs is 3. The Morgan fingerprint density at radius 1 is 1.18 bits per heavy atom. The van der Waals surface area contributed by atoms with Crippen molar-refractivity contribution in [3.05, 3.63) is 16.0 Å². The number of ether oxygens (including phenoxy) is 2. The Kier molecular flexibility index (Phi) is 4.47. The van der Waals surface area contributed by atoms with Gasteiger partial charge in [-0.15, -0.1) is 11.3 Å². The molecule has 4 rings (SSSR count). The molecule has 0 spiro atoms. The van der Waals surface area contributed by atoms with Crippen molar-refractivity contribution in [2.45, 2.75) is 78.4 Å². The molecule has 1 aromatic rings. The monoisotopic (exact) mass is 405 g/mol. The number of nitrogens with one attached hydrogen (secondary N) is 1. The predicted molar refractivity (Wildman–Crippen MR) is 110 cm³/mol. The number of anilines is 1. The standard InChI is InChI=1S/C22H31NO4S/c1-7-26-18(24)14-15-16(21(4,5)27-20(15,2)3)28-17(14)23-19(25)22(6)11-12-8-9-13(22)10-12/h12-13H,7-11H2,1-6H3,(H,23,25)/t12-,13+,22-/m1/s1. The summed E-state index contributed by atoms with van der Waals surface area (Å²) >= 11 is 1.46. The molecule has 1 amide bonds. The molecule has 0 radical (unpaired) electrons. The SMILES string of the molecule is CCOC(=O)c1c(NC(=O)[C@]2(C)C[C@@H]3CC[C@H]2C3)sc2c1C(C)(C)OC2(C)C. The fourth-order valence-electron chi connectivity index (χ4n) is 5.78. The molecule has 2 bridgehead atoms. The average Bonchev–Trinajstić information content (AvgIpc) is 3.29. The number of carbonyl (C=O) groups excluding carboxylic acids is 2. The number of rotatable bonds is 4. The van der Waals surface area contributed by atoms with Crippen LogP contribution in [0.2, 0.25) is 0 Å². The van der Waals surface area contributed by atoms with Gasteiger partial charge in [-0.05, 0) is 65.7 Å². The topological polar surface area (TPSA) is 64.6 Å². The van der Waals surface area contributed by atoms with Crippen molar-refractivity contribution in [1.29, 1.82) is 0 Å². The number of amides is 1. The molecule has 2 heterocycles. The maximum atomic E-state index is 13.3. The van der Waals surface area contributed by atoms with Crippen LogP contribution in [0.3, 0.4) is 0 Å². The molecule has 6 heteroatoms. The fraction of sp³-hybridized carbons (Fsp3) is 0.727. The number of hydrogen-bond donors (Lipinski definition) is 1. The van der Waals surface area contributed by atoms with E-state index in [1.807, 2.05) is 27.7 Å². The minimum atomic E-state index is -0.614. The number of hydrogen-bond acceptors (Lipinski definition) is 5. The minimum Gasteiger partial charge on any atom is -0.462 e. The van der Waals surface area contributed by atoms with Crippen molar-refractivity contribution in [2.24, 2.45) is 17.3 Å². The molecule has 1 aliphatic heterocycles. The van der Waals surface area contributed by atoms with Crippen LogP contribution in [0, 0.1) is 17.3 Å². The van der Waals surface area contributed by atoms with Gasteiger partial charge >= 0.3 is 5.97 Å². The highest BCUT2D eigenvalue weighted by Gasteiger charge is 2.53. The van der Waals surface area contributed by atoms with Gasteiger partial charge in [-0.25, -0.2) is 4.79 Å². The summed E-state index contributed by atoms with van der Waals surface area (Å²) in [5, 5.41) is 3.76. The summed E-state index contributed by atoms with van der Waals surface area (Å²) in [6.07, 6.45) is 4.48. The molecule has 2 aliphatic carbocycles. The van der Waals surface area contributed by atoms with Crippen molar-refractivity contribution in [1.82, 2.24) is 0 Å². The highest BCUT2D eigenvalue weighted by molar-refractivity contribution is 7.17. The van der Waals surface area contributed by atoms with Crippen LogP contribution in [0.25, 0.3) is 0 Å². The quantitative estimate of drug-likeness (QED) is 0.700. The van der Waals surface area contributed by atoms with Crippen LogP contribution >= 0.6 is 11.3 Å². The third-order valence-corrected chi connectivity index (χ3v) is 8.36. The maximum absolute atomic E-state index is 13.3. The van der Waals surface area contributed by atoms with Crippen molar-refractivity contribution in [3.63, 3.8) is 0 Å². The first-order chi connectivity index (χ1) is 13.0. The Morgan fingerprint density at radius 2 is 1.89 bits per heavy atom. The van der Waals surface area contributed by atoms with E-state index in [2.05, 4.69) is 12.2 Å². The summed E-state index contributed by atoms with van der Waals surface area (Å²) in [4.78, 5) is 27.2. The second kappa shape index (κ2) is 6.30. The molecular formula is C22H31NO4S. The first-order valence-corrected chi connectivity index (χ1v) is 11.2. The molecule has 0 saturated heterocycles. The normalized spacial score (nSPS) is 31.6. The van der Waals surface area contributed by atoms with E-state index >= 15 is 0 Å². The molecule has 3 atom stereocenters. The summed E-state index contributed by atoms with van der Waals surface area (Å²) in [6.45, 7) is 12.1. The minimum absolute atomic E-state index is 0.0432. The maximum Gasteiger partial charge on any atom is 0.341 e. The van der Waals surface area contributed by atoms with Gasteiger partial charge in [-0.1, -0.05) is 13.3 Å². The highest BCUT2D eigenvalue weighted by Crippen LogP contribution is 2.57. The van der Waals surface area contributed by atoms with Gasteiger partial charge in [0.1, 0.15) is 10.6 Å². The van der Waals surface area contributed by atoms with Gasteiger partial charge in [-0.2, -0.15) is 0 Å². The lowest BCUT2D eigenvalue weighted by atomic mass is 9.74. The van der Waals surface area contributed by atoms with E-state index < -0.39 is 11.2 Å². The Bertz CT molecular complexity index is 840. The molecule has 1 aromatic heterocycles. The zero-order valence-electron chi connectivity index (χ0n) is 17.7. The molecule has 0 unspecified atom stereocenters. The van der Waals surface area contributed by atoms with Gasteiger partial charge < -0.3 is 14.8 Å². The summed E-state index contributed by atoms with van der Waals surface area (Å²) < 4.78 is 11.6. The molecule has 154 valence electrons. The molecule has 2 saturated carbocycles. The van der Waals surface area contributed by atoms with E-state index in [0.717, 1.165) is 29.7 Å². The Hall–Kier alpha value is -1.40. The summed E-state index contributed by atoms with van der Waals surface area (Å²) in [6, 6.07) is 0. The third kappa shape index (κ3) is 2.83. The molecular weight excluding hydrogens is 374 g/mol. The smallest absolute Gasteiger partial charge is 0.341 e. The van der Waals surface area contributed by atoms with Crippen LogP contribution in [-0.2, 0) is 25.5 Å².